The van der Waals surface area contributed by atoms with Crippen LogP contribution in [0.3, 0.4) is 0 Å². The molecule has 1 rings (SSSR count). The van der Waals surface area contributed by atoms with Gasteiger partial charge in [-0.1, -0.05) is 0 Å². The maximum absolute atomic E-state index is 12.0. The summed E-state index contributed by atoms with van der Waals surface area (Å²) >= 11 is 1.49. The number of alkyl halides is 27. The number of rotatable bonds is 9. The summed E-state index contributed by atoms with van der Waals surface area (Å²) in [6.45, 7) is 0. The first-order chi connectivity index (χ1) is 30.7. The average Bonchev–Trinajstić information content (AvgIpc) is 3.04. The van der Waals surface area contributed by atoms with Crippen molar-refractivity contribution in [2.75, 3.05) is 0 Å². The van der Waals surface area contributed by atoms with Crippen molar-refractivity contribution >= 4 is 115 Å². The Bertz CT molecular complexity index is 2530. The van der Waals surface area contributed by atoms with E-state index in [9.17, 15) is 194 Å². The van der Waals surface area contributed by atoms with E-state index in [4.69, 9.17) is 0 Å². The second-order valence-electron chi connectivity index (χ2n) is 10.7. The monoisotopic (exact) mass is 1430 g/mol. The predicted octanol–water partition coefficient (Wildman–Crippen LogP) is 4.19. The third kappa shape index (κ3) is 16.1. The summed E-state index contributed by atoms with van der Waals surface area (Å²) in [6, 6.07) is 10.4. The van der Waals surface area contributed by atoms with Gasteiger partial charge >= 0.3 is 106 Å². The third-order valence-corrected chi connectivity index (χ3v) is 27.7. The van der Waals surface area contributed by atoms with E-state index >= 15 is 0 Å². The second-order valence-corrected chi connectivity index (χ2v) is 31.5. The molecule has 432 valence electrons. The Morgan fingerprint density at radius 2 is 0.329 bits per heavy atom. The Balaban J connectivity index is -0.000000939. The van der Waals surface area contributed by atoms with E-state index in [0.717, 1.165) is 0 Å². The average molecular weight is 1430 g/mol. The molecule has 0 unspecified atom stereocenters. The van der Waals surface area contributed by atoms with Crippen LogP contribution in [0.25, 0.3) is 0 Å². The SMILES string of the molecule is O=S(=O)([C-](S(=O)(=O)C(F)(F)F)S(=O)(=O)C(F)(F)F)C(F)(F)F.O=S(=O)([C-](S(=O)(=O)C(F)(F)F)S(=O)(=O)C(F)(F)F)C(F)(F)F.O=S(=O)([C-](S(=O)(=O)C(F)(F)F)S(=O)(=O)C(F)(F)F)C(F)(F)F.[Sn+3][c]1ccccc1. The Morgan fingerprint density at radius 1 is 0.233 bits per heavy atom. The van der Waals surface area contributed by atoms with Gasteiger partial charge in [0.1, 0.15) is 0 Å². The van der Waals surface area contributed by atoms with E-state index in [-0.39, 0.29) is 0 Å². The fourth-order valence-electron chi connectivity index (χ4n) is 2.59. The summed E-state index contributed by atoms with van der Waals surface area (Å²) in [5.74, 6) is 0. The molecule has 0 aliphatic rings. The normalized spacial score (nSPS) is 15.4. The molecule has 0 spiro atoms. The minimum atomic E-state index is -8.02. The molecule has 0 heterocycles. The second kappa shape index (κ2) is 21.8. The van der Waals surface area contributed by atoms with Crippen molar-refractivity contribution in [2.24, 2.45) is 0 Å². The molecule has 18 nitrogen and oxygen atoms in total. The van der Waals surface area contributed by atoms with Gasteiger partial charge in [-0.25, -0.2) is 0 Å². The zero-order valence-corrected chi connectivity index (χ0v) is 41.3. The van der Waals surface area contributed by atoms with Crippen LogP contribution in [0.15, 0.2) is 30.3 Å². The molecule has 0 saturated carbocycles. The van der Waals surface area contributed by atoms with Crippen molar-refractivity contribution in [2.45, 2.75) is 49.6 Å². The number of hydrogen-bond acceptors (Lipinski definition) is 18. The molecule has 0 radical (unpaired) electrons. The van der Waals surface area contributed by atoms with Gasteiger partial charge in [-0.05, 0) is 0 Å². The zero-order chi connectivity index (χ0) is 60.8. The summed E-state index contributed by atoms with van der Waals surface area (Å²) in [6.07, 6.45) is 0. The van der Waals surface area contributed by atoms with Crippen molar-refractivity contribution in [1.82, 2.24) is 0 Å². The fourth-order valence-corrected chi connectivity index (χ4v) is 20.3. The van der Waals surface area contributed by atoms with Crippen molar-refractivity contribution in [3.63, 3.8) is 0 Å². The van der Waals surface area contributed by atoms with Gasteiger partial charge in [0, 0.05) is 0 Å². The molecule has 73 heavy (non-hydrogen) atoms. The van der Waals surface area contributed by atoms with Crippen LogP contribution in [0, 0.1) is 11.7 Å². The Kier molecular flexibility index (Phi) is 22.4. The molecule has 0 aliphatic heterocycles. The molecular formula is C18H5F27O18S9Sn. The molecular weight excluding hydrogens is 1420 g/mol. The first kappa shape index (κ1) is 74.9. The van der Waals surface area contributed by atoms with E-state index in [0.29, 0.717) is 0 Å². The topological polar surface area (TPSA) is 307 Å². The third-order valence-electron chi connectivity index (χ3n) is 5.49. The van der Waals surface area contributed by atoms with Crippen LogP contribution < -0.4 is 3.58 Å². The summed E-state index contributed by atoms with van der Waals surface area (Å²) in [5, 5.41) is 0. The maximum atomic E-state index is 12.0. The van der Waals surface area contributed by atoms with Gasteiger partial charge < -0.3 is 0 Å². The summed E-state index contributed by atoms with van der Waals surface area (Å²) in [4.78, 5) is 0. The van der Waals surface area contributed by atoms with Gasteiger partial charge in [0.2, 0.25) is 0 Å². The van der Waals surface area contributed by atoms with Gasteiger partial charge in [-0.3, -0.25) is 75.8 Å². The van der Waals surface area contributed by atoms with Gasteiger partial charge in [-0.2, -0.15) is 119 Å². The Hall–Kier alpha value is -2.32. The van der Waals surface area contributed by atoms with Crippen LogP contribution in [-0.4, -0.2) is 148 Å². The van der Waals surface area contributed by atoms with Crippen molar-refractivity contribution in [1.29, 1.82) is 0 Å². The van der Waals surface area contributed by atoms with E-state index in [2.05, 4.69) is 24.3 Å². The number of hydrogen-bond donors (Lipinski definition) is 0. The van der Waals surface area contributed by atoms with E-state index in [1.54, 1.807) is 0 Å². The number of halogens is 27. The molecule has 0 N–H and O–H groups in total. The first-order valence-electron chi connectivity index (χ1n) is 13.9. The zero-order valence-electron chi connectivity index (χ0n) is 31.1. The van der Waals surface area contributed by atoms with Gasteiger partial charge in [-0.15, -0.1) is 0 Å². The van der Waals surface area contributed by atoms with Crippen LogP contribution in [0.4, 0.5) is 119 Å². The van der Waals surface area contributed by atoms with Crippen molar-refractivity contribution < 1.29 is 194 Å². The molecule has 0 aliphatic carbocycles. The summed E-state index contributed by atoms with van der Waals surface area (Å²) in [7, 11) is -72.2. The predicted molar refractivity (Wildman–Crippen MR) is 176 cm³/mol. The van der Waals surface area contributed by atoms with Crippen LogP contribution in [0.5, 0.6) is 0 Å². The van der Waals surface area contributed by atoms with Crippen LogP contribution >= 0.6 is 0 Å². The molecule has 55 heteroatoms. The summed E-state index contributed by atoms with van der Waals surface area (Å²) < 4.78 is 504. The molecule has 0 atom stereocenters. The van der Waals surface area contributed by atoms with Gasteiger partial charge in [0.25, 0.3) is 0 Å². The van der Waals surface area contributed by atoms with Crippen LogP contribution in [-0.2, 0) is 88.5 Å². The fraction of sp³-hybridized carbons (Fsp3) is 0.500. The molecule has 0 saturated heterocycles. The van der Waals surface area contributed by atoms with Crippen molar-refractivity contribution in [3.05, 3.63) is 42.1 Å². The van der Waals surface area contributed by atoms with Gasteiger partial charge in [0.15, 0.2) is 88.5 Å². The quantitative estimate of drug-likeness (QED) is 0.190. The van der Waals surface area contributed by atoms with Crippen LogP contribution in [0.2, 0.25) is 0 Å². The van der Waals surface area contributed by atoms with E-state index in [1.165, 1.54) is 26.1 Å². The standard InChI is InChI=1S/C6H5.3C4F9O6S3.Sn/c1-2-4-6-5-3-1;3*5-2(6,7)20(14,15)1(21(16,17)3(8,9)10)22(18,19)4(11,12)13;/h1-5H;;;;/q;3*-1;+3. The van der Waals surface area contributed by atoms with Gasteiger partial charge in [0.05, 0.1) is 11.7 Å². The number of benzene rings is 1. The molecule has 1 aromatic rings. The van der Waals surface area contributed by atoms with E-state index in [1.807, 2.05) is 6.07 Å². The molecule has 1 aromatic carbocycles. The first-order valence-corrected chi connectivity index (χ1v) is 28.7. The van der Waals surface area contributed by atoms with Crippen LogP contribution in [0.1, 0.15) is 0 Å². The minimum absolute atomic E-state index is 1.41. The summed E-state index contributed by atoms with van der Waals surface area (Å²) in [5.41, 5.74) is -63.5. The Morgan fingerprint density at radius 3 is 0.384 bits per heavy atom. The molecule has 0 bridgehead atoms. The van der Waals surface area contributed by atoms with Crippen molar-refractivity contribution in [3.8, 4) is 0 Å². The Labute approximate surface area is 398 Å². The molecule has 0 fully saturated rings. The molecule has 0 aromatic heterocycles. The number of sulfone groups is 9. The molecule has 0 amide bonds. The van der Waals surface area contributed by atoms with E-state index < -0.39 is 150 Å².